The van der Waals surface area contributed by atoms with E-state index >= 15 is 0 Å². The number of hydrogen-bond acceptors (Lipinski definition) is 3. The Morgan fingerprint density at radius 2 is 1.84 bits per heavy atom. The number of carbonyl (C=O) groups is 2. The minimum Gasteiger partial charge on any atom is -0.372 e. The summed E-state index contributed by atoms with van der Waals surface area (Å²) in [7, 11) is 0. The smallest absolute Gasteiger partial charge is 0.322 e. The lowest BCUT2D eigenvalue weighted by Crippen LogP contribution is -2.51. The second-order valence-corrected chi connectivity index (χ2v) is 7.49. The van der Waals surface area contributed by atoms with Gasteiger partial charge in [0, 0.05) is 30.9 Å². The van der Waals surface area contributed by atoms with E-state index in [1.165, 1.54) is 0 Å². The van der Waals surface area contributed by atoms with Crippen molar-refractivity contribution in [2.75, 3.05) is 38.1 Å². The molecule has 1 aromatic carbocycles. The molecule has 25 heavy (non-hydrogen) atoms. The molecule has 0 bridgehead atoms. The summed E-state index contributed by atoms with van der Waals surface area (Å²) in [6.45, 7) is 9.24. The lowest BCUT2D eigenvalue weighted by Gasteiger charge is -2.38. The Labute approximate surface area is 149 Å². The Bertz CT molecular complexity index is 666. The van der Waals surface area contributed by atoms with Crippen LogP contribution in [0.25, 0.3) is 0 Å². The van der Waals surface area contributed by atoms with Crippen LogP contribution in [0.1, 0.15) is 42.6 Å². The van der Waals surface area contributed by atoms with Crippen LogP contribution >= 0.6 is 0 Å². The van der Waals surface area contributed by atoms with E-state index in [2.05, 4.69) is 5.32 Å². The second kappa shape index (κ2) is 7.04. The molecule has 1 aromatic rings. The fourth-order valence-corrected chi connectivity index (χ4v) is 3.42. The van der Waals surface area contributed by atoms with Gasteiger partial charge in [0.2, 0.25) is 0 Å². The van der Waals surface area contributed by atoms with Crippen molar-refractivity contribution < 1.29 is 14.3 Å². The van der Waals surface area contributed by atoms with Gasteiger partial charge in [-0.25, -0.2) is 4.79 Å². The van der Waals surface area contributed by atoms with Crippen molar-refractivity contribution in [1.29, 1.82) is 0 Å². The fourth-order valence-electron chi connectivity index (χ4n) is 3.42. The van der Waals surface area contributed by atoms with Crippen LogP contribution in [-0.4, -0.2) is 60.1 Å². The Hall–Kier alpha value is -2.08. The molecule has 3 amide bonds. The Balaban J connectivity index is 1.66. The highest BCUT2D eigenvalue weighted by Gasteiger charge is 2.30. The maximum Gasteiger partial charge on any atom is 0.322 e. The first-order valence-corrected chi connectivity index (χ1v) is 8.95. The SMILES string of the molecule is Cc1cc(C(=O)N2CCCC2)ccc1NC(=O)N1CCOC(C)(C)C1. The summed E-state index contributed by atoms with van der Waals surface area (Å²) in [6, 6.07) is 5.35. The van der Waals surface area contributed by atoms with Gasteiger partial charge in [0.05, 0.1) is 18.8 Å². The van der Waals surface area contributed by atoms with E-state index in [0.717, 1.165) is 37.2 Å². The number of ether oxygens (including phenoxy) is 1. The molecule has 3 rings (SSSR count). The molecule has 1 N–H and O–H groups in total. The summed E-state index contributed by atoms with van der Waals surface area (Å²) in [6.07, 6.45) is 2.16. The lowest BCUT2D eigenvalue weighted by molar-refractivity contribution is -0.0720. The number of rotatable bonds is 2. The zero-order valence-electron chi connectivity index (χ0n) is 15.3. The Morgan fingerprint density at radius 3 is 2.48 bits per heavy atom. The third-order valence-electron chi connectivity index (χ3n) is 4.82. The van der Waals surface area contributed by atoms with Gasteiger partial charge in [-0.15, -0.1) is 0 Å². The van der Waals surface area contributed by atoms with Crippen LogP contribution in [0.2, 0.25) is 0 Å². The van der Waals surface area contributed by atoms with Gasteiger partial charge in [0.25, 0.3) is 5.91 Å². The van der Waals surface area contributed by atoms with Crippen molar-refractivity contribution in [2.24, 2.45) is 0 Å². The quantitative estimate of drug-likeness (QED) is 0.896. The minimum absolute atomic E-state index is 0.0772. The highest BCUT2D eigenvalue weighted by atomic mass is 16.5. The van der Waals surface area contributed by atoms with Crippen molar-refractivity contribution in [2.45, 2.75) is 39.2 Å². The number of aryl methyl sites for hydroxylation is 1. The summed E-state index contributed by atoms with van der Waals surface area (Å²) < 4.78 is 5.65. The van der Waals surface area contributed by atoms with Crippen LogP contribution in [-0.2, 0) is 4.74 Å². The summed E-state index contributed by atoms with van der Waals surface area (Å²) in [5.41, 5.74) is 2.00. The van der Waals surface area contributed by atoms with E-state index in [1.807, 2.05) is 37.8 Å². The first kappa shape index (κ1) is 17.7. The number of amides is 3. The number of urea groups is 1. The van der Waals surface area contributed by atoms with Crippen molar-refractivity contribution >= 4 is 17.6 Å². The van der Waals surface area contributed by atoms with Crippen molar-refractivity contribution in [3.05, 3.63) is 29.3 Å². The number of morpholine rings is 1. The lowest BCUT2D eigenvalue weighted by atomic mass is 10.1. The van der Waals surface area contributed by atoms with E-state index in [0.29, 0.717) is 25.3 Å². The molecule has 0 aliphatic carbocycles. The van der Waals surface area contributed by atoms with E-state index in [4.69, 9.17) is 4.74 Å². The highest BCUT2D eigenvalue weighted by molar-refractivity contribution is 5.96. The molecule has 0 atom stereocenters. The Kier molecular flexibility index (Phi) is 4.99. The average Bonchev–Trinajstić information content (AvgIpc) is 3.09. The third-order valence-corrected chi connectivity index (χ3v) is 4.82. The van der Waals surface area contributed by atoms with Crippen LogP contribution in [0, 0.1) is 6.92 Å². The van der Waals surface area contributed by atoms with Gasteiger partial charge in [-0.2, -0.15) is 0 Å². The van der Waals surface area contributed by atoms with Crippen molar-refractivity contribution in [1.82, 2.24) is 9.80 Å². The Morgan fingerprint density at radius 1 is 1.12 bits per heavy atom. The first-order valence-electron chi connectivity index (χ1n) is 8.95. The predicted molar refractivity (Wildman–Crippen MR) is 96.9 cm³/mol. The highest BCUT2D eigenvalue weighted by Crippen LogP contribution is 2.21. The molecule has 2 fully saturated rings. The second-order valence-electron chi connectivity index (χ2n) is 7.49. The molecule has 136 valence electrons. The number of benzene rings is 1. The molecule has 6 heteroatoms. The fraction of sp³-hybridized carbons (Fsp3) is 0.579. The molecule has 2 aliphatic rings. The topological polar surface area (TPSA) is 61.9 Å². The van der Waals surface area contributed by atoms with Gasteiger partial charge in [-0.1, -0.05) is 0 Å². The van der Waals surface area contributed by atoms with Crippen molar-refractivity contribution in [3.8, 4) is 0 Å². The number of carbonyl (C=O) groups excluding carboxylic acids is 2. The number of nitrogens with zero attached hydrogens (tertiary/aromatic N) is 2. The van der Waals surface area contributed by atoms with E-state index in [9.17, 15) is 9.59 Å². The normalized spacial score (nSPS) is 19.8. The minimum atomic E-state index is -0.323. The van der Waals surface area contributed by atoms with Crippen LogP contribution < -0.4 is 5.32 Å². The maximum atomic E-state index is 12.5. The monoisotopic (exact) mass is 345 g/mol. The number of nitrogens with one attached hydrogen (secondary N) is 1. The number of likely N-dealkylation sites (tertiary alicyclic amines) is 1. The molecule has 2 saturated heterocycles. The summed E-state index contributed by atoms with van der Waals surface area (Å²) in [5.74, 6) is 0.0772. The predicted octanol–water partition coefficient (Wildman–Crippen LogP) is 2.87. The standard InChI is InChI=1S/C19H27N3O3/c1-14-12-15(17(23)21-8-4-5-9-21)6-7-16(14)20-18(24)22-10-11-25-19(2,3)13-22/h6-7,12H,4-5,8-11,13H2,1-3H3,(H,20,24). The van der Waals surface area contributed by atoms with Gasteiger partial charge in [0.1, 0.15) is 0 Å². The zero-order chi connectivity index (χ0) is 18.0. The van der Waals surface area contributed by atoms with E-state index in [-0.39, 0.29) is 17.5 Å². The third kappa shape index (κ3) is 4.12. The van der Waals surface area contributed by atoms with Crippen LogP contribution in [0.5, 0.6) is 0 Å². The van der Waals surface area contributed by atoms with Gasteiger partial charge < -0.3 is 19.9 Å². The largest absolute Gasteiger partial charge is 0.372 e. The molecule has 0 saturated carbocycles. The molecule has 0 spiro atoms. The average molecular weight is 345 g/mol. The summed E-state index contributed by atoms with van der Waals surface area (Å²) >= 11 is 0. The van der Waals surface area contributed by atoms with E-state index < -0.39 is 0 Å². The zero-order valence-corrected chi connectivity index (χ0v) is 15.3. The summed E-state index contributed by atoms with van der Waals surface area (Å²) in [5, 5.41) is 2.96. The molecular formula is C19H27N3O3. The molecule has 2 aliphatic heterocycles. The van der Waals surface area contributed by atoms with Gasteiger partial charge in [0.15, 0.2) is 0 Å². The molecule has 0 unspecified atom stereocenters. The van der Waals surface area contributed by atoms with Crippen LogP contribution in [0.4, 0.5) is 10.5 Å². The van der Waals surface area contributed by atoms with Crippen molar-refractivity contribution in [3.63, 3.8) is 0 Å². The molecule has 0 aromatic heterocycles. The molecule has 6 nitrogen and oxygen atoms in total. The summed E-state index contributed by atoms with van der Waals surface area (Å²) in [4.78, 5) is 28.6. The number of anilines is 1. The number of hydrogen-bond donors (Lipinski definition) is 1. The molecule has 0 radical (unpaired) electrons. The van der Waals surface area contributed by atoms with Gasteiger partial charge in [-0.05, 0) is 57.4 Å². The molecule has 2 heterocycles. The van der Waals surface area contributed by atoms with Crippen LogP contribution in [0.15, 0.2) is 18.2 Å². The first-order chi connectivity index (χ1) is 11.9. The molecular weight excluding hydrogens is 318 g/mol. The van der Waals surface area contributed by atoms with Crippen LogP contribution in [0.3, 0.4) is 0 Å². The van der Waals surface area contributed by atoms with Gasteiger partial charge in [-0.3, -0.25) is 4.79 Å². The maximum absolute atomic E-state index is 12.5. The van der Waals surface area contributed by atoms with Gasteiger partial charge >= 0.3 is 6.03 Å². The van der Waals surface area contributed by atoms with E-state index in [1.54, 1.807) is 11.0 Å².